The van der Waals surface area contributed by atoms with E-state index in [4.69, 9.17) is 4.98 Å². The normalized spacial score (nSPS) is 22.3. The quantitative estimate of drug-likeness (QED) is 0.285. The molecule has 8 nitrogen and oxygen atoms in total. The molecule has 1 saturated carbocycles. The predicted octanol–water partition coefficient (Wildman–Crippen LogP) is 3.63. The van der Waals surface area contributed by atoms with E-state index in [0.717, 1.165) is 49.2 Å². The van der Waals surface area contributed by atoms with E-state index < -0.39 is 18.2 Å². The molecule has 9 heteroatoms. The number of aryl methyl sites for hydroxylation is 2. The molecule has 1 aliphatic rings. The summed E-state index contributed by atoms with van der Waals surface area (Å²) in [5.41, 5.74) is 6.22. The molecule has 3 heterocycles. The zero-order chi connectivity index (χ0) is 23.8. The molecule has 0 aliphatic heterocycles. The Morgan fingerprint density at radius 1 is 1.00 bits per heavy atom. The Morgan fingerprint density at radius 2 is 1.79 bits per heavy atom. The van der Waals surface area contributed by atoms with Crippen LogP contribution >= 0.6 is 11.3 Å². The number of benzene rings is 1. The van der Waals surface area contributed by atoms with E-state index in [1.54, 1.807) is 23.7 Å². The van der Waals surface area contributed by atoms with Crippen LogP contribution in [0, 0.1) is 19.8 Å². The van der Waals surface area contributed by atoms with E-state index in [1.807, 2.05) is 50.2 Å². The van der Waals surface area contributed by atoms with Crippen molar-refractivity contribution in [3.63, 3.8) is 0 Å². The molecule has 5 rings (SSSR count). The maximum Gasteiger partial charge on any atom is 0.126 e. The first-order chi connectivity index (χ1) is 16.4. The topological polar surface area (TPSA) is 123 Å². The average Bonchev–Trinajstić information content (AvgIpc) is 3.35. The summed E-state index contributed by atoms with van der Waals surface area (Å²) in [6.45, 7) is 3.75. The Bertz CT molecular complexity index is 1270. The third kappa shape index (κ3) is 4.47. The fourth-order valence-corrected chi connectivity index (χ4v) is 5.52. The highest BCUT2D eigenvalue weighted by molar-refractivity contribution is 7.21. The minimum Gasteiger partial charge on any atom is -0.396 e. The fourth-order valence-electron chi connectivity index (χ4n) is 4.54. The standard InChI is InChI=1S/C25H27N5O3S/c1-13-7-17(8-14(2)27-13)28-16-3-4-18(25-30-19-5-6-26-11-22(19)34-25)20(10-16)29-21-9-15(12-31)23(32)24(21)33/h3-8,10-11,15,21,23-24,29,31-33H,9,12H2,1-2H3,(H,27,28)/t15-,21-,23-,24+/m1/s1. The maximum atomic E-state index is 10.6. The Kier molecular flexibility index (Phi) is 6.18. The first-order valence-electron chi connectivity index (χ1n) is 11.2. The SMILES string of the molecule is Cc1cc(Nc2ccc(-c3nc4ccncc4s3)c(N[C@@H]3C[C@H](CO)[C@@H](O)[C@H]3O)c2)cc(C)n1. The van der Waals surface area contributed by atoms with Crippen molar-refractivity contribution in [1.82, 2.24) is 15.0 Å². The summed E-state index contributed by atoms with van der Waals surface area (Å²) in [6, 6.07) is 11.4. The number of thiazole rings is 1. The van der Waals surface area contributed by atoms with Gasteiger partial charge < -0.3 is 26.0 Å². The van der Waals surface area contributed by atoms with Crippen molar-refractivity contribution in [2.24, 2.45) is 5.92 Å². The van der Waals surface area contributed by atoms with E-state index in [2.05, 4.69) is 20.6 Å². The van der Waals surface area contributed by atoms with E-state index in [1.165, 1.54) is 0 Å². The second-order valence-corrected chi connectivity index (χ2v) is 9.83. The van der Waals surface area contributed by atoms with Crippen LogP contribution in [0.1, 0.15) is 17.8 Å². The molecule has 4 aromatic rings. The number of pyridine rings is 2. The third-order valence-electron chi connectivity index (χ3n) is 6.19. The molecule has 1 fully saturated rings. The lowest BCUT2D eigenvalue weighted by Gasteiger charge is -2.21. The molecular formula is C25H27N5O3S. The number of aliphatic hydroxyl groups is 3. The van der Waals surface area contributed by atoms with Crippen LogP contribution in [0.3, 0.4) is 0 Å². The van der Waals surface area contributed by atoms with Crippen LogP contribution in [0.5, 0.6) is 0 Å². The van der Waals surface area contributed by atoms with Crippen molar-refractivity contribution in [2.75, 3.05) is 17.2 Å². The molecular weight excluding hydrogens is 450 g/mol. The van der Waals surface area contributed by atoms with Gasteiger partial charge in [-0.2, -0.15) is 0 Å². The number of anilines is 3. The monoisotopic (exact) mass is 477 g/mol. The second kappa shape index (κ2) is 9.27. The molecule has 0 radical (unpaired) electrons. The van der Waals surface area contributed by atoms with Gasteiger partial charge in [0.1, 0.15) is 11.1 Å². The molecule has 1 aliphatic carbocycles. The zero-order valence-electron chi connectivity index (χ0n) is 18.9. The Labute approximate surface area is 201 Å². The van der Waals surface area contributed by atoms with Gasteiger partial charge in [0.25, 0.3) is 0 Å². The van der Waals surface area contributed by atoms with Gasteiger partial charge in [0, 0.05) is 58.9 Å². The molecule has 0 unspecified atom stereocenters. The lowest BCUT2D eigenvalue weighted by Crippen LogP contribution is -2.35. The number of nitrogens with one attached hydrogen (secondary N) is 2. The number of hydrogen-bond donors (Lipinski definition) is 5. The lowest BCUT2D eigenvalue weighted by atomic mass is 10.1. The Morgan fingerprint density at radius 3 is 2.50 bits per heavy atom. The molecule has 0 saturated heterocycles. The van der Waals surface area contributed by atoms with Crippen LogP contribution in [0.25, 0.3) is 20.8 Å². The van der Waals surface area contributed by atoms with Crippen molar-refractivity contribution in [1.29, 1.82) is 0 Å². The van der Waals surface area contributed by atoms with Crippen molar-refractivity contribution in [3.05, 3.63) is 60.2 Å². The van der Waals surface area contributed by atoms with Gasteiger partial charge in [-0.1, -0.05) is 0 Å². The van der Waals surface area contributed by atoms with Crippen molar-refractivity contribution >= 4 is 38.6 Å². The highest BCUT2D eigenvalue weighted by atomic mass is 32.1. The first kappa shape index (κ1) is 22.7. The molecule has 5 N–H and O–H groups in total. The largest absolute Gasteiger partial charge is 0.396 e. The third-order valence-corrected chi connectivity index (χ3v) is 7.23. The van der Waals surface area contributed by atoms with E-state index in [9.17, 15) is 15.3 Å². The smallest absolute Gasteiger partial charge is 0.126 e. The van der Waals surface area contributed by atoms with Crippen LogP contribution in [0.2, 0.25) is 0 Å². The van der Waals surface area contributed by atoms with Gasteiger partial charge in [-0.25, -0.2) is 4.98 Å². The molecule has 176 valence electrons. The van der Waals surface area contributed by atoms with Crippen LogP contribution in [-0.4, -0.2) is 55.1 Å². The van der Waals surface area contributed by atoms with E-state index in [-0.39, 0.29) is 12.5 Å². The fraction of sp³-hybridized carbons (Fsp3) is 0.320. The molecule has 1 aromatic carbocycles. The maximum absolute atomic E-state index is 10.6. The first-order valence-corrected chi connectivity index (χ1v) is 12.0. The molecule has 0 bridgehead atoms. The summed E-state index contributed by atoms with van der Waals surface area (Å²) in [5.74, 6) is -0.367. The highest BCUT2D eigenvalue weighted by Crippen LogP contribution is 2.38. The van der Waals surface area contributed by atoms with Crippen molar-refractivity contribution in [3.8, 4) is 10.6 Å². The highest BCUT2D eigenvalue weighted by Gasteiger charge is 2.41. The second-order valence-electron chi connectivity index (χ2n) is 8.80. The average molecular weight is 478 g/mol. The minimum absolute atomic E-state index is 0.170. The van der Waals surface area contributed by atoms with E-state index >= 15 is 0 Å². The summed E-state index contributed by atoms with van der Waals surface area (Å²) in [6.07, 6.45) is 2.04. The molecule has 4 atom stereocenters. The van der Waals surface area contributed by atoms with Gasteiger partial charge in [0.2, 0.25) is 0 Å². The summed E-state index contributed by atoms with van der Waals surface area (Å²) >= 11 is 1.55. The molecule has 0 spiro atoms. The van der Waals surface area contributed by atoms with Gasteiger partial charge in [-0.3, -0.25) is 9.97 Å². The number of rotatable bonds is 6. The van der Waals surface area contributed by atoms with Gasteiger partial charge in [-0.15, -0.1) is 11.3 Å². The van der Waals surface area contributed by atoms with Crippen LogP contribution in [0.15, 0.2) is 48.8 Å². The lowest BCUT2D eigenvalue weighted by molar-refractivity contribution is 0.00448. The van der Waals surface area contributed by atoms with Crippen LogP contribution in [0.4, 0.5) is 17.1 Å². The summed E-state index contributed by atoms with van der Waals surface area (Å²) in [4.78, 5) is 13.4. The van der Waals surface area contributed by atoms with Crippen LogP contribution < -0.4 is 10.6 Å². The van der Waals surface area contributed by atoms with Crippen molar-refractivity contribution < 1.29 is 15.3 Å². The molecule has 3 aromatic heterocycles. The minimum atomic E-state index is -0.980. The molecule has 0 amide bonds. The zero-order valence-corrected chi connectivity index (χ0v) is 19.8. The number of fused-ring (bicyclic) bond motifs is 1. The summed E-state index contributed by atoms with van der Waals surface area (Å²) < 4.78 is 0.991. The van der Waals surface area contributed by atoms with Crippen LogP contribution in [-0.2, 0) is 0 Å². The Hall–Kier alpha value is -3.11. The number of nitrogens with zero attached hydrogens (tertiary/aromatic N) is 3. The summed E-state index contributed by atoms with van der Waals surface area (Å²) in [5, 5.41) is 38.2. The van der Waals surface area contributed by atoms with Gasteiger partial charge >= 0.3 is 0 Å². The van der Waals surface area contributed by atoms with E-state index in [0.29, 0.717) is 6.42 Å². The Balaban J connectivity index is 1.52. The summed E-state index contributed by atoms with van der Waals surface area (Å²) in [7, 11) is 0. The predicted molar refractivity (Wildman–Crippen MR) is 134 cm³/mol. The van der Waals surface area contributed by atoms with Crippen molar-refractivity contribution in [2.45, 2.75) is 38.5 Å². The molecule has 34 heavy (non-hydrogen) atoms. The van der Waals surface area contributed by atoms with Gasteiger partial charge in [0.15, 0.2) is 0 Å². The number of aromatic nitrogens is 3. The van der Waals surface area contributed by atoms with Gasteiger partial charge in [0.05, 0.1) is 22.4 Å². The number of hydrogen-bond acceptors (Lipinski definition) is 9. The number of aliphatic hydroxyl groups excluding tert-OH is 3. The van der Waals surface area contributed by atoms with Gasteiger partial charge in [-0.05, 0) is 56.7 Å².